The van der Waals surface area contributed by atoms with Crippen LogP contribution in [-0.4, -0.2) is 77.0 Å². The number of methoxy groups -OCH3 is 4. The number of hydrogen-bond acceptors (Lipinski definition) is 16. The van der Waals surface area contributed by atoms with Gasteiger partial charge in [-0.25, -0.2) is 4.98 Å². The summed E-state index contributed by atoms with van der Waals surface area (Å²) in [5.41, 5.74) is 9.17. The number of ether oxygens (including phenoxy) is 4. The molecular weight excluding hydrogens is 924 g/mol. The molecule has 0 radical (unpaired) electrons. The number of halogens is 1. The molecule has 5 heterocycles. The summed E-state index contributed by atoms with van der Waals surface area (Å²) in [4.78, 5) is 24.4. The first kappa shape index (κ1) is 52.6. The van der Waals surface area contributed by atoms with Gasteiger partial charge >= 0.3 is 11.2 Å². The Morgan fingerprint density at radius 1 is 0.714 bits per heavy atom. The highest BCUT2D eigenvalue weighted by Crippen LogP contribution is 2.34. The van der Waals surface area contributed by atoms with Gasteiger partial charge in [0.25, 0.3) is 5.69 Å². The lowest BCUT2D eigenvalue weighted by molar-refractivity contribution is -0.876. The second kappa shape index (κ2) is 25.7. The monoisotopic (exact) mass is 975 g/mol. The van der Waals surface area contributed by atoms with Gasteiger partial charge < -0.3 is 42.4 Å². The smallest absolute Gasteiger partial charge is 0.334 e. The van der Waals surface area contributed by atoms with Crippen molar-refractivity contribution in [1.82, 2.24) is 20.5 Å². The van der Waals surface area contributed by atoms with Crippen molar-refractivity contribution in [2.24, 2.45) is 0 Å². The Bertz CT molecular complexity index is 3130. The first-order valence-corrected chi connectivity index (χ1v) is 21.7. The summed E-state index contributed by atoms with van der Waals surface area (Å²) in [6, 6.07) is 35.7. The van der Waals surface area contributed by atoms with Crippen LogP contribution in [0.2, 0.25) is 5.02 Å². The van der Waals surface area contributed by atoms with E-state index in [1.165, 1.54) is 13.8 Å². The third kappa shape index (κ3) is 13.6. The van der Waals surface area contributed by atoms with E-state index in [-0.39, 0.29) is 18.1 Å². The van der Waals surface area contributed by atoms with E-state index < -0.39 is 4.92 Å². The third-order valence-electron chi connectivity index (χ3n) is 10.1. The van der Waals surface area contributed by atoms with Gasteiger partial charge in [-0.05, 0) is 105 Å². The second-order valence-corrected chi connectivity index (χ2v) is 15.3. The number of aliphatic hydroxyl groups is 1. The predicted molar refractivity (Wildman–Crippen MR) is 261 cm³/mol. The maximum atomic E-state index is 10.3. The molecule has 2 N–H and O–H groups in total. The van der Waals surface area contributed by atoms with Crippen LogP contribution < -0.4 is 23.7 Å². The van der Waals surface area contributed by atoms with Crippen LogP contribution in [0.1, 0.15) is 34.0 Å². The van der Waals surface area contributed by atoms with Crippen LogP contribution in [0.15, 0.2) is 129 Å². The lowest BCUT2D eigenvalue weighted by atomic mass is 10.1. The molecule has 5 aromatic heterocycles. The van der Waals surface area contributed by atoms with Crippen LogP contribution in [0.3, 0.4) is 0 Å². The highest BCUT2D eigenvalue weighted by molar-refractivity contribution is 6.35. The van der Waals surface area contributed by atoms with Crippen molar-refractivity contribution in [2.45, 2.75) is 40.5 Å². The SMILES string of the molecule is COc1cccc(-c2ccc3onc(C)c3[n+]2O)c1.COc1cccc(CC=O)c1.COc1cccc(CCO)c1.COc1ccccc1-c1cc(Cl)c2onc(C)c2n1.Cc1noc(C)c1[N+](=O)[O-]. The molecule has 9 rings (SSSR count). The van der Waals surface area contributed by atoms with Gasteiger partial charge in [0.1, 0.15) is 40.5 Å². The van der Waals surface area contributed by atoms with Crippen molar-refractivity contribution in [2.75, 3.05) is 35.0 Å². The molecule has 18 nitrogen and oxygen atoms in total. The van der Waals surface area contributed by atoms with Gasteiger partial charge in [0, 0.05) is 36.3 Å². The lowest BCUT2D eigenvalue weighted by Gasteiger charge is -2.07. The molecular formula is C51H52ClN6O12+. The van der Waals surface area contributed by atoms with Gasteiger partial charge in [0.15, 0.2) is 11.4 Å². The number of hydrogen-bond donors (Lipinski definition) is 2. The molecule has 0 saturated heterocycles. The molecule has 0 unspecified atom stereocenters. The molecule has 0 aliphatic carbocycles. The molecule has 0 aliphatic rings. The minimum Gasteiger partial charge on any atom is -0.497 e. The summed E-state index contributed by atoms with van der Waals surface area (Å²) in [6.07, 6.45) is 2.03. The summed E-state index contributed by atoms with van der Waals surface area (Å²) >= 11 is 6.21. The number of aromatic nitrogens is 5. The summed E-state index contributed by atoms with van der Waals surface area (Å²) in [5, 5.41) is 40.8. The van der Waals surface area contributed by atoms with Crippen molar-refractivity contribution in [3.63, 3.8) is 0 Å². The molecule has 0 saturated carbocycles. The van der Waals surface area contributed by atoms with Gasteiger partial charge in [-0.15, -0.1) is 0 Å². The Kier molecular flexibility index (Phi) is 19.3. The van der Waals surface area contributed by atoms with Crippen LogP contribution in [0.25, 0.3) is 44.7 Å². The van der Waals surface area contributed by atoms with E-state index in [2.05, 4.69) is 25.0 Å². The van der Waals surface area contributed by atoms with Crippen LogP contribution >= 0.6 is 11.6 Å². The Morgan fingerprint density at radius 3 is 1.93 bits per heavy atom. The molecule has 0 bridgehead atoms. The van der Waals surface area contributed by atoms with Crippen molar-refractivity contribution in [3.8, 4) is 45.5 Å². The van der Waals surface area contributed by atoms with E-state index in [1.54, 1.807) is 53.6 Å². The largest absolute Gasteiger partial charge is 0.497 e. The Balaban J connectivity index is 0.000000168. The third-order valence-corrected chi connectivity index (χ3v) is 10.4. The Labute approximate surface area is 407 Å². The molecule has 0 aliphatic heterocycles. The number of fused-ring (bicyclic) bond motifs is 2. The number of pyridine rings is 2. The molecule has 9 aromatic rings. The number of nitro groups is 1. The van der Waals surface area contributed by atoms with Gasteiger partial charge in [0.2, 0.25) is 16.9 Å². The number of carbonyl (C=O) groups excluding carboxylic acids is 1. The summed E-state index contributed by atoms with van der Waals surface area (Å²) < 4.78 is 36.5. The van der Waals surface area contributed by atoms with Crippen LogP contribution in [0, 0.1) is 37.8 Å². The number of para-hydroxylation sites is 1. The van der Waals surface area contributed by atoms with E-state index in [1.807, 2.05) is 104 Å². The maximum absolute atomic E-state index is 10.3. The number of aldehydes is 1. The van der Waals surface area contributed by atoms with E-state index in [4.69, 9.17) is 44.7 Å². The highest BCUT2D eigenvalue weighted by Gasteiger charge is 2.24. The average Bonchev–Trinajstić information content (AvgIpc) is 4.07. The molecule has 0 spiro atoms. The van der Waals surface area contributed by atoms with Gasteiger partial charge in [-0.3, -0.25) is 15.3 Å². The van der Waals surface area contributed by atoms with Crippen LogP contribution in [0.4, 0.5) is 5.69 Å². The van der Waals surface area contributed by atoms with E-state index in [0.29, 0.717) is 62.8 Å². The minimum absolute atomic E-state index is 0.0278. The second-order valence-electron chi connectivity index (χ2n) is 14.9. The quantitative estimate of drug-likeness (QED) is 0.0403. The number of aryl methyl sites for hydroxylation is 4. The molecule has 4 aromatic carbocycles. The maximum Gasteiger partial charge on any atom is 0.334 e. The summed E-state index contributed by atoms with van der Waals surface area (Å²) in [5.74, 6) is 3.38. The molecule has 0 atom stereocenters. The first-order valence-electron chi connectivity index (χ1n) is 21.3. The van der Waals surface area contributed by atoms with Gasteiger partial charge in [-0.1, -0.05) is 69.5 Å². The zero-order valence-electron chi connectivity index (χ0n) is 39.7. The Morgan fingerprint density at radius 2 is 1.33 bits per heavy atom. The normalized spacial score (nSPS) is 10.3. The molecule has 0 fully saturated rings. The number of carbonyl (C=O) groups is 1. The zero-order chi connectivity index (χ0) is 50.7. The topological polar surface area (TPSA) is 232 Å². The van der Waals surface area contributed by atoms with Gasteiger partial charge in [-0.2, -0.15) is 0 Å². The molecule has 364 valence electrons. The van der Waals surface area contributed by atoms with Crippen LogP contribution in [0.5, 0.6) is 23.0 Å². The highest BCUT2D eigenvalue weighted by atomic mass is 35.5. The number of benzene rings is 4. The molecule has 0 amide bonds. The van der Waals surface area contributed by atoms with E-state index in [0.717, 1.165) is 62.0 Å². The van der Waals surface area contributed by atoms with Crippen molar-refractivity contribution >= 4 is 45.8 Å². The Hall–Kier alpha value is -8.35. The predicted octanol–water partition coefficient (Wildman–Crippen LogP) is 10.1. The minimum atomic E-state index is -0.499. The van der Waals surface area contributed by atoms with Crippen molar-refractivity contribution < 1.29 is 57.3 Å². The number of nitrogens with zero attached hydrogens (tertiary/aromatic N) is 6. The first-order chi connectivity index (χ1) is 33.8. The van der Waals surface area contributed by atoms with E-state index in [9.17, 15) is 20.1 Å². The van der Waals surface area contributed by atoms with E-state index >= 15 is 0 Å². The van der Waals surface area contributed by atoms with Crippen molar-refractivity contribution in [3.05, 3.63) is 164 Å². The average molecular weight is 976 g/mol. The fourth-order valence-electron chi connectivity index (χ4n) is 6.67. The number of rotatable bonds is 11. The molecule has 19 heteroatoms. The number of aliphatic hydroxyl groups excluding tert-OH is 1. The summed E-state index contributed by atoms with van der Waals surface area (Å²) in [6.45, 7) is 6.86. The fraction of sp³-hybridized carbons (Fsp3) is 0.216. The van der Waals surface area contributed by atoms with Gasteiger partial charge in [0.05, 0.1) is 49.6 Å². The molecule has 70 heavy (non-hydrogen) atoms. The lowest BCUT2D eigenvalue weighted by Crippen LogP contribution is -2.33. The van der Waals surface area contributed by atoms with Crippen molar-refractivity contribution in [1.29, 1.82) is 0 Å². The zero-order valence-corrected chi connectivity index (χ0v) is 40.5. The summed E-state index contributed by atoms with van der Waals surface area (Å²) in [7, 11) is 6.49. The fourth-order valence-corrected chi connectivity index (χ4v) is 6.90. The van der Waals surface area contributed by atoms with Crippen LogP contribution in [-0.2, 0) is 17.6 Å². The standard InChI is InChI=1S/C14H11ClN2O2.C14H13N2O3.C9H12O2.C9H10O2.C5H6N2O3/c1-8-13-14(19-17-8)10(15)7-11(16-13)9-5-3-4-6-12(9)18-2;1-9-14-13(19-15-9)7-6-12(16(14)17)10-4-3-5-11(8-10)18-2;2*1-11-9-4-2-3-8(7-9)5-6-10;1-3-5(7(8)9)4(2)10-6-3/h3-7H,1-2H3;3-8,17H,1-2H3;2-4,7,10H,5-6H2,1H3;2-4,6-7H,5H2,1H3;1-2H3/q;+1;;;.